The van der Waals surface area contributed by atoms with Crippen molar-refractivity contribution < 1.29 is 19.4 Å². The molecule has 0 aliphatic rings. The fraction of sp³-hybridized carbons (Fsp3) is 0.200. The molecule has 0 amide bonds. The van der Waals surface area contributed by atoms with Gasteiger partial charge in [-0.15, -0.1) is 0 Å². The van der Waals surface area contributed by atoms with Crippen LogP contribution >= 0.6 is 15.9 Å². The molecule has 0 heterocycles. The van der Waals surface area contributed by atoms with Gasteiger partial charge in [0.25, 0.3) is 0 Å². The van der Waals surface area contributed by atoms with E-state index in [0.29, 0.717) is 15.8 Å². The Morgan fingerprint density at radius 3 is 2.60 bits per heavy atom. The van der Waals surface area contributed by atoms with Crippen LogP contribution in [0.25, 0.3) is 0 Å². The number of ether oxygens (including phenoxy) is 1. The largest absolute Gasteiger partial charge is 0.496 e. The zero-order chi connectivity index (χ0) is 11.4. The molecule has 1 aromatic rings. The van der Waals surface area contributed by atoms with Gasteiger partial charge in [0, 0.05) is 5.56 Å². The second-order valence-corrected chi connectivity index (χ2v) is 3.70. The third-order valence-corrected chi connectivity index (χ3v) is 2.41. The van der Waals surface area contributed by atoms with E-state index in [9.17, 15) is 9.59 Å². The number of hydrogen-bond donors (Lipinski definition) is 1. The molecule has 1 rings (SSSR count). The Balaban J connectivity index is 2.92. The smallest absolute Gasteiger partial charge is 0.311 e. The van der Waals surface area contributed by atoms with Gasteiger partial charge in [0.15, 0.2) is 5.78 Å². The number of aliphatic carboxylic acids is 1. The van der Waals surface area contributed by atoms with Gasteiger partial charge < -0.3 is 9.84 Å². The molecule has 0 aliphatic carbocycles. The minimum Gasteiger partial charge on any atom is -0.496 e. The lowest BCUT2D eigenvalue weighted by molar-refractivity contribution is -0.135. The summed E-state index contributed by atoms with van der Waals surface area (Å²) in [6.45, 7) is 0. The summed E-state index contributed by atoms with van der Waals surface area (Å²) < 4.78 is 5.61. The predicted octanol–water partition coefficient (Wildman–Crippen LogP) is 2.12. The molecule has 0 saturated heterocycles. The molecule has 1 aromatic carbocycles. The second kappa shape index (κ2) is 4.93. The Labute approximate surface area is 95.0 Å². The van der Waals surface area contributed by atoms with Crippen molar-refractivity contribution in [2.75, 3.05) is 7.11 Å². The van der Waals surface area contributed by atoms with Gasteiger partial charge >= 0.3 is 5.97 Å². The number of ketones is 1. The third kappa shape index (κ3) is 3.06. The van der Waals surface area contributed by atoms with Crippen LogP contribution in [0.4, 0.5) is 0 Å². The van der Waals surface area contributed by atoms with Crippen LogP contribution in [-0.2, 0) is 4.79 Å². The standard InChI is InChI=1S/C10H9BrO4/c1-15-9-3-2-6(4-7(9)11)8(12)5-10(13)14/h2-4H,5H2,1H3,(H,13,14). The summed E-state index contributed by atoms with van der Waals surface area (Å²) in [6, 6.07) is 4.69. The van der Waals surface area contributed by atoms with E-state index >= 15 is 0 Å². The highest BCUT2D eigenvalue weighted by Crippen LogP contribution is 2.25. The van der Waals surface area contributed by atoms with E-state index in [1.54, 1.807) is 12.1 Å². The minimum absolute atomic E-state index is 0.352. The summed E-state index contributed by atoms with van der Waals surface area (Å²) in [5, 5.41) is 8.46. The van der Waals surface area contributed by atoms with Gasteiger partial charge in [0.2, 0.25) is 0 Å². The minimum atomic E-state index is -1.13. The molecule has 0 unspecified atom stereocenters. The molecule has 0 aliphatic heterocycles. The number of methoxy groups -OCH3 is 1. The van der Waals surface area contributed by atoms with E-state index in [1.165, 1.54) is 13.2 Å². The Bertz CT molecular complexity index is 400. The van der Waals surface area contributed by atoms with Gasteiger partial charge in [-0.25, -0.2) is 0 Å². The van der Waals surface area contributed by atoms with Gasteiger partial charge in [-0.1, -0.05) is 0 Å². The topological polar surface area (TPSA) is 63.6 Å². The molecule has 15 heavy (non-hydrogen) atoms. The molecule has 0 fully saturated rings. The van der Waals surface area contributed by atoms with Crippen LogP contribution in [0.5, 0.6) is 5.75 Å². The van der Waals surface area contributed by atoms with Crippen molar-refractivity contribution in [1.82, 2.24) is 0 Å². The highest BCUT2D eigenvalue weighted by molar-refractivity contribution is 9.10. The lowest BCUT2D eigenvalue weighted by Crippen LogP contribution is -2.06. The molecule has 0 spiro atoms. The van der Waals surface area contributed by atoms with Gasteiger partial charge in [-0.05, 0) is 34.1 Å². The zero-order valence-electron chi connectivity index (χ0n) is 7.99. The van der Waals surface area contributed by atoms with Crippen molar-refractivity contribution in [3.63, 3.8) is 0 Å². The molecule has 0 aromatic heterocycles. The number of benzene rings is 1. The molecule has 0 saturated carbocycles. The zero-order valence-corrected chi connectivity index (χ0v) is 9.58. The summed E-state index contributed by atoms with van der Waals surface area (Å²) in [5.41, 5.74) is 0.352. The van der Waals surface area contributed by atoms with Crippen LogP contribution in [0.1, 0.15) is 16.8 Å². The normalized spacial score (nSPS) is 9.73. The van der Waals surface area contributed by atoms with E-state index in [1.807, 2.05) is 0 Å². The van der Waals surface area contributed by atoms with Crippen LogP contribution < -0.4 is 4.74 Å². The third-order valence-electron chi connectivity index (χ3n) is 1.79. The van der Waals surface area contributed by atoms with E-state index in [0.717, 1.165) is 0 Å². The maximum absolute atomic E-state index is 11.4. The maximum Gasteiger partial charge on any atom is 0.311 e. The summed E-state index contributed by atoms with van der Waals surface area (Å²) in [6.07, 6.45) is -0.501. The number of halogens is 1. The first-order valence-electron chi connectivity index (χ1n) is 4.13. The molecular weight excluding hydrogens is 264 g/mol. The number of carboxylic acids is 1. The van der Waals surface area contributed by atoms with E-state index in [-0.39, 0.29) is 0 Å². The number of carbonyl (C=O) groups excluding carboxylic acids is 1. The first kappa shape index (κ1) is 11.7. The van der Waals surface area contributed by atoms with E-state index in [4.69, 9.17) is 9.84 Å². The maximum atomic E-state index is 11.4. The number of hydrogen-bond acceptors (Lipinski definition) is 3. The first-order valence-corrected chi connectivity index (χ1v) is 4.92. The van der Waals surface area contributed by atoms with Crippen molar-refractivity contribution in [2.24, 2.45) is 0 Å². The molecule has 1 N–H and O–H groups in total. The summed E-state index contributed by atoms with van der Waals surface area (Å²) in [7, 11) is 1.51. The van der Waals surface area contributed by atoms with Crippen molar-refractivity contribution in [3.8, 4) is 5.75 Å². The molecule has 80 valence electrons. The number of carboxylic acid groups (broad SMARTS) is 1. The van der Waals surface area contributed by atoms with Crippen molar-refractivity contribution in [2.45, 2.75) is 6.42 Å². The summed E-state index contributed by atoms with van der Waals surface area (Å²) in [5.74, 6) is -0.959. The number of carbonyl (C=O) groups is 2. The van der Waals surface area contributed by atoms with E-state index in [2.05, 4.69) is 15.9 Å². The lowest BCUT2D eigenvalue weighted by Gasteiger charge is -2.04. The highest BCUT2D eigenvalue weighted by atomic mass is 79.9. The van der Waals surface area contributed by atoms with Crippen molar-refractivity contribution in [3.05, 3.63) is 28.2 Å². The molecule has 0 atom stereocenters. The summed E-state index contributed by atoms with van der Waals surface area (Å²) >= 11 is 3.22. The molecule has 0 bridgehead atoms. The van der Waals surface area contributed by atoms with Gasteiger partial charge in [0.1, 0.15) is 12.2 Å². The fourth-order valence-corrected chi connectivity index (χ4v) is 1.62. The Morgan fingerprint density at radius 1 is 1.47 bits per heavy atom. The monoisotopic (exact) mass is 272 g/mol. The van der Waals surface area contributed by atoms with Crippen LogP contribution in [0, 0.1) is 0 Å². The SMILES string of the molecule is COc1ccc(C(=O)CC(=O)O)cc1Br. The molecule has 5 heteroatoms. The van der Waals surface area contributed by atoms with Crippen LogP contribution in [0.3, 0.4) is 0 Å². The fourth-order valence-electron chi connectivity index (χ4n) is 1.08. The Hall–Kier alpha value is -1.36. The van der Waals surface area contributed by atoms with Gasteiger partial charge in [-0.3, -0.25) is 9.59 Å². The van der Waals surface area contributed by atoms with Crippen LogP contribution in [-0.4, -0.2) is 24.0 Å². The Morgan fingerprint density at radius 2 is 2.13 bits per heavy atom. The quantitative estimate of drug-likeness (QED) is 0.674. The highest BCUT2D eigenvalue weighted by Gasteiger charge is 2.12. The van der Waals surface area contributed by atoms with Crippen LogP contribution in [0.15, 0.2) is 22.7 Å². The molecular formula is C10H9BrO4. The lowest BCUT2D eigenvalue weighted by atomic mass is 10.1. The van der Waals surface area contributed by atoms with Crippen molar-refractivity contribution >= 4 is 27.7 Å². The average molecular weight is 273 g/mol. The molecule has 4 nitrogen and oxygen atoms in total. The second-order valence-electron chi connectivity index (χ2n) is 2.84. The molecule has 0 radical (unpaired) electrons. The van der Waals surface area contributed by atoms with E-state index < -0.39 is 18.2 Å². The van der Waals surface area contributed by atoms with Gasteiger partial charge in [-0.2, -0.15) is 0 Å². The van der Waals surface area contributed by atoms with Gasteiger partial charge in [0.05, 0.1) is 11.6 Å². The van der Waals surface area contributed by atoms with Crippen molar-refractivity contribution in [1.29, 1.82) is 0 Å². The number of rotatable bonds is 4. The van der Waals surface area contributed by atoms with Crippen LogP contribution in [0.2, 0.25) is 0 Å². The summed E-state index contributed by atoms with van der Waals surface area (Å²) in [4.78, 5) is 21.7. The number of Topliss-reactive ketones (excluding diaryl/α,β-unsaturated/α-hetero) is 1. The average Bonchev–Trinajstić information content (AvgIpc) is 2.16. The predicted molar refractivity (Wildman–Crippen MR) is 57.3 cm³/mol. The first-order chi connectivity index (χ1) is 7.04. The Kier molecular flexibility index (Phi) is 3.85.